The summed E-state index contributed by atoms with van der Waals surface area (Å²) in [5.41, 5.74) is 0.135. The van der Waals surface area contributed by atoms with Gasteiger partial charge < -0.3 is 20.8 Å². The smallest absolute Gasteiger partial charge is 0.276 e. The van der Waals surface area contributed by atoms with Gasteiger partial charge in [-0.2, -0.15) is 0 Å². The Morgan fingerprint density at radius 3 is 2.93 bits per heavy atom. The van der Waals surface area contributed by atoms with Crippen LogP contribution in [0.25, 0.3) is 0 Å². The van der Waals surface area contributed by atoms with Gasteiger partial charge in [0.1, 0.15) is 30.1 Å². The van der Waals surface area contributed by atoms with Gasteiger partial charge in [-0.3, -0.25) is 14.4 Å². The Kier molecular flexibility index (Phi) is 8.32. The molecular weight excluding hydrogens is 414 g/mol. The van der Waals surface area contributed by atoms with Crippen molar-refractivity contribution in [3.05, 3.63) is 11.1 Å². The fraction of sp³-hybridized carbons (Fsp3) is 0.533. The molecule has 148 valence electrons. The van der Waals surface area contributed by atoms with Gasteiger partial charge in [-0.05, 0) is 12.2 Å². The predicted octanol–water partition coefficient (Wildman–Crippen LogP) is 1.14. The number of β-lactam (4-membered cyclic amide) rings is 1. The Morgan fingerprint density at radius 1 is 1.52 bits per heavy atom. The summed E-state index contributed by atoms with van der Waals surface area (Å²) in [6.45, 7) is 2.09. The number of hydrogen-bond donors (Lipinski definition) is 3. The molecule has 9 nitrogen and oxygen atoms in total. The van der Waals surface area contributed by atoms with Gasteiger partial charge in [0.25, 0.3) is 5.91 Å². The number of amides is 3. The van der Waals surface area contributed by atoms with E-state index in [4.69, 9.17) is 16.4 Å². The van der Waals surface area contributed by atoms with E-state index < -0.39 is 17.9 Å². The minimum Gasteiger partial charge on any atom is -0.398 e. The highest BCUT2D eigenvalue weighted by Crippen LogP contribution is 2.22. The molecule has 12 heteroatoms. The van der Waals surface area contributed by atoms with Gasteiger partial charge in [-0.1, -0.05) is 18.5 Å². The molecule has 0 bridgehead atoms. The summed E-state index contributed by atoms with van der Waals surface area (Å²) in [6.07, 6.45) is 2.09. The second kappa shape index (κ2) is 10.5. The van der Waals surface area contributed by atoms with Crippen LogP contribution in [-0.4, -0.2) is 58.6 Å². The van der Waals surface area contributed by atoms with Crippen LogP contribution in [0, 0.1) is 0 Å². The predicted molar refractivity (Wildman–Crippen MR) is 106 cm³/mol. The number of alkyl halides is 1. The van der Waals surface area contributed by atoms with E-state index in [2.05, 4.69) is 33.0 Å². The van der Waals surface area contributed by atoms with Gasteiger partial charge in [0.05, 0.1) is 0 Å². The van der Waals surface area contributed by atoms with E-state index >= 15 is 0 Å². The number of thioether (sulfide) groups is 1. The van der Waals surface area contributed by atoms with E-state index in [0.717, 1.165) is 29.9 Å². The van der Waals surface area contributed by atoms with Crippen molar-refractivity contribution in [3.8, 4) is 0 Å². The number of carbonyl (C=O) groups excluding carboxylic acids is 3. The summed E-state index contributed by atoms with van der Waals surface area (Å²) in [6, 6.07) is -0.643. The normalized spacial score (nSPS) is 19.1. The van der Waals surface area contributed by atoms with Gasteiger partial charge in [-0.15, -0.1) is 34.7 Å². The summed E-state index contributed by atoms with van der Waals surface area (Å²) >= 11 is 8.14. The summed E-state index contributed by atoms with van der Waals surface area (Å²) in [7, 11) is 1.30. The van der Waals surface area contributed by atoms with Crippen molar-refractivity contribution in [1.29, 1.82) is 0 Å². The van der Waals surface area contributed by atoms with Crippen molar-refractivity contribution < 1.29 is 19.2 Å². The average molecular weight is 434 g/mol. The SMILES string of the molecule is CCCCS[C@H]1NC(=O)[C@H]1NC(=O)C(=NOC)c1csc(NC(=O)CCl)n1. The Morgan fingerprint density at radius 2 is 2.30 bits per heavy atom. The van der Waals surface area contributed by atoms with E-state index in [1.165, 1.54) is 7.11 Å². The number of unbranched alkanes of at least 4 members (excludes halogenated alkanes) is 1. The first-order valence-electron chi connectivity index (χ1n) is 8.15. The number of nitrogens with zero attached hydrogens (tertiary/aromatic N) is 2. The van der Waals surface area contributed by atoms with Crippen molar-refractivity contribution in [2.75, 3.05) is 24.1 Å². The Labute approximate surface area is 169 Å². The molecular formula is C15H20ClN5O4S2. The van der Waals surface area contributed by atoms with Crippen molar-refractivity contribution >= 4 is 63.3 Å². The van der Waals surface area contributed by atoms with Crippen molar-refractivity contribution in [2.45, 2.75) is 31.2 Å². The lowest BCUT2D eigenvalue weighted by molar-refractivity contribution is -0.132. The van der Waals surface area contributed by atoms with Crippen molar-refractivity contribution in [1.82, 2.24) is 15.6 Å². The van der Waals surface area contributed by atoms with E-state index in [-0.39, 0.29) is 33.7 Å². The highest BCUT2D eigenvalue weighted by molar-refractivity contribution is 8.00. The molecule has 2 rings (SSSR count). The molecule has 0 aromatic carbocycles. The summed E-state index contributed by atoms with van der Waals surface area (Å²) in [5, 5.41) is 13.3. The number of oxime groups is 1. The van der Waals surface area contributed by atoms with Crippen LogP contribution < -0.4 is 16.0 Å². The van der Waals surface area contributed by atoms with Crippen LogP contribution in [0.15, 0.2) is 10.5 Å². The third-order valence-corrected chi connectivity index (χ3v) is 5.74. The lowest BCUT2D eigenvalue weighted by Gasteiger charge is -2.36. The second-order valence-electron chi connectivity index (χ2n) is 5.45. The molecule has 3 N–H and O–H groups in total. The Balaban J connectivity index is 2.03. The first-order valence-corrected chi connectivity index (χ1v) is 10.6. The van der Waals surface area contributed by atoms with Crippen molar-refractivity contribution in [3.63, 3.8) is 0 Å². The molecule has 3 amide bonds. The van der Waals surface area contributed by atoms with E-state index in [9.17, 15) is 14.4 Å². The van der Waals surface area contributed by atoms with Crippen LogP contribution in [0.3, 0.4) is 0 Å². The van der Waals surface area contributed by atoms with Gasteiger partial charge in [0.15, 0.2) is 10.8 Å². The molecule has 0 aliphatic carbocycles. The first kappa shape index (κ1) is 21.5. The molecule has 1 saturated heterocycles. The van der Waals surface area contributed by atoms with E-state index in [1.807, 2.05) is 0 Å². The average Bonchev–Trinajstić information content (AvgIpc) is 3.11. The summed E-state index contributed by atoms with van der Waals surface area (Å²) in [4.78, 5) is 44.6. The van der Waals surface area contributed by atoms with E-state index in [0.29, 0.717) is 0 Å². The summed E-state index contributed by atoms with van der Waals surface area (Å²) < 4.78 is 0. The molecule has 1 fully saturated rings. The maximum atomic E-state index is 12.6. The standard InChI is InChI=1S/C15H20ClN5O4S2/c1-3-4-5-26-14-11(13(24)20-14)19-12(23)10(21-25-2)8-7-27-15(17-8)18-9(22)6-16/h7,11,14H,3-6H2,1-2H3,(H,19,23)(H,20,24)(H,17,18,22)/t11-,14-/m1/s1. The number of thiazole rings is 1. The van der Waals surface area contributed by atoms with Crippen LogP contribution in [-0.2, 0) is 19.2 Å². The fourth-order valence-electron chi connectivity index (χ4n) is 2.09. The number of aromatic nitrogens is 1. The lowest BCUT2D eigenvalue weighted by atomic mass is 10.1. The zero-order valence-electron chi connectivity index (χ0n) is 14.8. The molecule has 2 atom stereocenters. The van der Waals surface area contributed by atoms with Gasteiger partial charge in [-0.25, -0.2) is 4.98 Å². The second-order valence-corrected chi connectivity index (χ2v) is 7.82. The van der Waals surface area contributed by atoms with Gasteiger partial charge in [0.2, 0.25) is 11.8 Å². The molecule has 1 aromatic rings. The fourth-order valence-corrected chi connectivity index (χ4v) is 4.16. The Hall–Kier alpha value is -1.85. The monoisotopic (exact) mass is 433 g/mol. The van der Waals surface area contributed by atoms with Crippen molar-refractivity contribution in [2.24, 2.45) is 5.16 Å². The van der Waals surface area contributed by atoms with Crippen LogP contribution in [0.2, 0.25) is 0 Å². The van der Waals surface area contributed by atoms with Crippen LogP contribution in [0.1, 0.15) is 25.5 Å². The maximum absolute atomic E-state index is 12.6. The van der Waals surface area contributed by atoms with Crippen LogP contribution in [0.4, 0.5) is 5.13 Å². The molecule has 27 heavy (non-hydrogen) atoms. The molecule has 0 spiro atoms. The lowest BCUT2D eigenvalue weighted by Crippen LogP contribution is -2.68. The number of halogens is 1. The number of carbonyl (C=O) groups is 3. The molecule has 0 unspecified atom stereocenters. The quantitative estimate of drug-likeness (QED) is 0.167. The van der Waals surface area contributed by atoms with E-state index in [1.54, 1.807) is 17.1 Å². The maximum Gasteiger partial charge on any atom is 0.276 e. The minimum absolute atomic E-state index is 0.0860. The molecule has 1 aromatic heterocycles. The highest BCUT2D eigenvalue weighted by atomic mass is 35.5. The third kappa shape index (κ3) is 5.81. The number of hydrogen-bond acceptors (Lipinski definition) is 8. The number of anilines is 1. The minimum atomic E-state index is -0.643. The molecule has 0 saturated carbocycles. The summed E-state index contributed by atoms with van der Waals surface area (Å²) in [5.74, 6) is -0.559. The zero-order valence-corrected chi connectivity index (χ0v) is 17.2. The molecule has 0 radical (unpaired) electrons. The topological polar surface area (TPSA) is 122 Å². The first-order chi connectivity index (χ1) is 13.0. The zero-order chi connectivity index (χ0) is 19.8. The molecule has 1 aliphatic heterocycles. The third-order valence-electron chi connectivity index (χ3n) is 3.46. The number of rotatable bonds is 10. The molecule has 2 heterocycles. The molecule has 1 aliphatic rings. The largest absolute Gasteiger partial charge is 0.398 e. The number of nitrogens with one attached hydrogen (secondary N) is 3. The van der Waals surface area contributed by atoms with Crippen LogP contribution >= 0.6 is 34.7 Å². The van der Waals surface area contributed by atoms with Crippen LogP contribution in [0.5, 0.6) is 0 Å². The Bertz CT molecular complexity index is 727. The highest BCUT2D eigenvalue weighted by Gasteiger charge is 2.41. The van der Waals surface area contributed by atoms with Gasteiger partial charge >= 0.3 is 0 Å². The van der Waals surface area contributed by atoms with Gasteiger partial charge in [0, 0.05) is 5.38 Å².